The third-order valence-electron chi connectivity index (χ3n) is 5.82. The lowest BCUT2D eigenvalue weighted by molar-refractivity contribution is -0.149. The second-order valence-corrected chi connectivity index (χ2v) is 11.5. The van der Waals surface area contributed by atoms with Crippen molar-refractivity contribution in [3.63, 3.8) is 0 Å². The van der Waals surface area contributed by atoms with Crippen molar-refractivity contribution in [3.8, 4) is 23.3 Å². The van der Waals surface area contributed by atoms with E-state index in [2.05, 4.69) is 31.9 Å². The Labute approximate surface area is 225 Å². The number of rotatable bonds is 10. The van der Waals surface area contributed by atoms with Gasteiger partial charge in [-0.05, 0) is 79.6 Å². The molecule has 0 saturated heterocycles. The van der Waals surface area contributed by atoms with Gasteiger partial charge in [0.2, 0.25) is 6.10 Å². The number of nitrogens with zero attached hydrogens (tertiary/aromatic N) is 1. The lowest BCUT2D eigenvalue weighted by Gasteiger charge is -2.14. The van der Waals surface area contributed by atoms with Gasteiger partial charge < -0.3 is 19.3 Å². The van der Waals surface area contributed by atoms with Crippen LogP contribution >= 0.6 is 31.9 Å². The molecule has 1 N–H and O–H groups in total. The molecule has 1 aliphatic rings. The molecule has 1 fully saturated rings. The van der Waals surface area contributed by atoms with Crippen molar-refractivity contribution in [2.45, 2.75) is 32.8 Å². The molecule has 0 heterocycles. The lowest BCUT2D eigenvalue weighted by Crippen LogP contribution is -2.14. The largest absolute Gasteiger partial charge is 0.481 e. The summed E-state index contributed by atoms with van der Waals surface area (Å²) in [7, 11) is 0. The van der Waals surface area contributed by atoms with E-state index in [9.17, 15) is 19.6 Å². The van der Waals surface area contributed by atoms with Crippen molar-refractivity contribution in [2.75, 3.05) is 0 Å². The predicted octanol–water partition coefficient (Wildman–Crippen LogP) is 6.26. The number of hydrogen-bond donors (Lipinski definition) is 1. The van der Waals surface area contributed by atoms with E-state index in [-0.39, 0.29) is 35.8 Å². The first kappa shape index (κ1) is 27.4. The van der Waals surface area contributed by atoms with Gasteiger partial charge in [0.1, 0.15) is 23.3 Å². The van der Waals surface area contributed by atoms with Crippen LogP contribution < -0.4 is 9.47 Å². The number of carbonyl (C=O) groups is 3. The molecule has 0 aliphatic heterocycles. The predicted molar refractivity (Wildman–Crippen MR) is 137 cm³/mol. The highest BCUT2D eigenvalue weighted by Crippen LogP contribution is 2.60. The quantitative estimate of drug-likeness (QED) is 0.244. The van der Waals surface area contributed by atoms with Crippen LogP contribution in [0.1, 0.15) is 38.4 Å². The number of allylic oxidation sites excluding steroid dienone is 1. The summed E-state index contributed by atoms with van der Waals surface area (Å²) < 4.78 is 17.2. The van der Waals surface area contributed by atoms with E-state index in [4.69, 9.17) is 19.3 Å². The Morgan fingerprint density at radius 2 is 1.75 bits per heavy atom. The normalized spacial score (nSPS) is 18.2. The smallest absolute Gasteiger partial charge is 0.311 e. The molecular formula is C26H23Br2NO7. The van der Waals surface area contributed by atoms with Crippen molar-refractivity contribution in [1.82, 2.24) is 0 Å². The molecule has 0 aromatic heterocycles. The highest BCUT2D eigenvalue weighted by Gasteiger charge is 2.61. The van der Waals surface area contributed by atoms with Crippen molar-refractivity contribution in [3.05, 3.63) is 63.6 Å². The van der Waals surface area contributed by atoms with Gasteiger partial charge in [0.25, 0.3) is 0 Å². The summed E-state index contributed by atoms with van der Waals surface area (Å²) in [5.41, 5.74) is 0.200. The van der Waals surface area contributed by atoms with Crippen molar-refractivity contribution >= 4 is 49.8 Å². The molecular weight excluding hydrogens is 598 g/mol. The second kappa shape index (κ2) is 11.7. The standard InChI is InChI=1S/C26H23Br2NO7/c1-26(2)19(13-21(27)28)24(26)25(33)36-20(14-29)15-4-3-5-18(12-15)34-16-6-8-17(9-7-16)35-23(32)11-10-22(30)31/h3-9,12-13,19-20,24H,10-11H2,1-2H3,(H,30,31)/t19-,20+,24-/m0/s1. The van der Waals surface area contributed by atoms with Crippen molar-refractivity contribution < 1.29 is 33.7 Å². The number of carbonyl (C=O) groups excluding carboxylic acids is 2. The van der Waals surface area contributed by atoms with Gasteiger partial charge >= 0.3 is 17.9 Å². The number of carboxylic acid groups (broad SMARTS) is 1. The van der Waals surface area contributed by atoms with Gasteiger partial charge in [0.15, 0.2) is 0 Å². The van der Waals surface area contributed by atoms with Crippen LogP contribution in [0.25, 0.3) is 0 Å². The van der Waals surface area contributed by atoms with Crippen LogP contribution in [0.4, 0.5) is 0 Å². The monoisotopic (exact) mass is 619 g/mol. The first-order valence-corrected chi connectivity index (χ1v) is 12.5. The molecule has 0 spiro atoms. The maximum atomic E-state index is 12.8. The van der Waals surface area contributed by atoms with E-state index >= 15 is 0 Å². The molecule has 1 saturated carbocycles. The van der Waals surface area contributed by atoms with Crippen LogP contribution in [-0.4, -0.2) is 23.0 Å². The minimum absolute atomic E-state index is 0.00725. The zero-order valence-corrected chi connectivity index (χ0v) is 22.6. The highest BCUT2D eigenvalue weighted by atomic mass is 79.9. The number of esters is 2. The Hall–Kier alpha value is -3.16. The van der Waals surface area contributed by atoms with Gasteiger partial charge in [0, 0.05) is 5.56 Å². The Kier molecular flexibility index (Phi) is 8.93. The van der Waals surface area contributed by atoms with Gasteiger partial charge in [-0.1, -0.05) is 32.1 Å². The Bertz CT molecular complexity index is 1210. The van der Waals surface area contributed by atoms with Gasteiger partial charge in [0.05, 0.1) is 22.2 Å². The molecule has 3 rings (SSSR count). The Balaban J connectivity index is 1.63. The van der Waals surface area contributed by atoms with Crippen LogP contribution in [0, 0.1) is 28.6 Å². The van der Waals surface area contributed by atoms with Gasteiger partial charge in [-0.15, -0.1) is 0 Å². The SMILES string of the molecule is CC1(C)[C@H](C(=O)O[C@H](C#N)c2cccc(Oc3ccc(OC(=O)CCC(=O)O)cc3)c2)[C@@H]1C=C(Br)Br. The molecule has 8 nitrogen and oxygen atoms in total. The third-order valence-corrected chi connectivity index (χ3v) is 6.35. The van der Waals surface area contributed by atoms with Gasteiger partial charge in [-0.25, -0.2) is 0 Å². The minimum Gasteiger partial charge on any atom is -0.481 e. The average Bonchev–Trinajstić information content (AvgIpc) is 3.36. The molecule has 1 aliphatic carbocycles. The number of halogens is 2. The molecule has 188 valence electrons. The molecule has 10 heteroatoms. The summed E-state index contributed by atoms with van der Waals surface area (Å²) in [6, 6.07) is 14.9. The maximum Gasteiger partial charge on any atom is 0.311 e. The summed E-state index contributed by atoms with van der Waals surface area (Å²) in [6.45, 7) is 3.95. The fourth-order valence-corrected chi connectivity index (χ4v) is 4.35. The average molecular weight is 621 g/mol. The summed E-state index contributed by atoms with van der Waals surface area (Å²) in [5.74, 6) is -1.40. The van der Waals surface area contributed by atoms with E-state index < -0.39 is 24.0 Å². The van der Waals surface area contributed by atoms with Crippen LogP contribution in [-0.2, 0) is 19.1 Å². The molecule has 2 aromatic carbocycles. The fraction of sp³-hybridized carbons (Fsp3) is 0.308. The van der Waals surface area contributed by atoms with E-state index in [0.717, 1.165) is 3.39 Å². The molecule has 36 heavy (non-hydrogen) atoms. The van der Waals surface area contributed by atoms with Crippen molar-refractivity contribution in [1.29, 1.82) is 5.26 Å². The summed E-state index contributed by atoms with van der Waals surface area (Å²) >= 11 is 6.65. The first-order chi connectivity index (χ1) is 17.0. The third kappa shape index (κ3) is 7.18. The second-order valence-electron chi connectivity index (χ2n) is 8.74. The maximum absolute atomic E-state index is 12.8. The van der Waals surface area contributed by atoms with E-state index in [1.807, 2.05) is 26.0 Å². The van der Waals surface area contributed by atoms with Crippen molar-refractivity contribution in [2.24, 2.45) is 17.3 Å². The van der Waals surface area contributed by atoms with Crippen LogP contribution in [0.2, 0.25) is 0 Å². The van der Waals surface area contributed by atoms with Gasteiger partial charge in [-0.3, -0.25) is 14.4 Å². The Morgan fingerprint density at radius 1 is 1.08 bits per heavy atom. The molecule has 2 aromatic rings. The van der Waals surface area contributed by atoms with Crippen LogP contribution in [0.15, 0.2) is 58.0 Å². The molecule has 0 amide bonds. The van der Waals surface area contributed by atoms with E-state index in [1.54, 1.807) is 36.4 Å². The lowest BCUT2D eigenvalue weighted by atomic mass is 10.1. The molecule has 3 atom stereocenters. The number of aliphatic carboxylic acids is 1. The summed E-state index contributed by atoms with van der Waals surface area (Å²) in [5, 5.41) is 18.3. The summed E-state index contributed by atoms with van der Waals surface area (Å²) in [4.78, 5) is 35.0. The minimum atomic E-state index is -1.10. The number of ether oxygens (including phenoxy) is 3. The number of hydrogen-bond acceptors (Lipinski definition) is 7. The van der Waals surface area contributed by atoms with Crippen LogP contribution in [0.3, 0.4) is 0 Å². The Morgan fingerprint density at radius 3 is 2.36 bits per heavy atom. The van der Waals surface area contributed by atoms with E-state index in [0.29, 0.717) is 17.1 Å². The number of carboxylic acids is 1. The highest BCUT2D eigenvalue weighted by molar-refractivity contribution is 9.28. The van der Waals surface area contributed by atoms with Crippen LogP contribution in [0.5, 0.6) is 17.2 Å². The topological polar surface area (TPSA) is 123 Å². The molecule has 0 unspecified atom stereocenters. The fourth-order valence-electron chi connectivity index (χ4n) is 3.78. The zero-order valence-electron chi connectivity index (χ0n) is 19.4. The van der Waals surface area contributed by atoms with E-state index in [1.165, 1.54) is 12.1 Å². The number of benzene rings is 2. The number of nitriles is 1. The van der Waals surface area contributed by atoms with Gasteiger partial charge in [-0.2, -0.15) is 5.26 Å². The molecule has 0 bridgehead atoms. The molecule has 0 radical (unpaired) electrons. The first-order valence-electron chi connectivity index (χ1n) is 10.9. The summed E-state index contributed by atoms with van der Waals surface area (Å²) in [6.07, 6.45) is 0.278. The zero-order chi connectivity index (χ0) is 26.5.